The predicted molar refractivity (Wildman–Crippen MR) is 105 cm³/mol. The molecular formula is C22H26O8. The molecule has 0 bridgehead atoms. The Balaban J connectivity index is 2.05. The SMILES string of the molecule is CCOC(=O)C(OOCc1ccccc1)C(OOCc1ccccc1)C(=O)OCC. The molecule has 0 heterocycles. The highest BCUT2D eigenvalue weighted by Gasteiger charge is 2.41. The van der Waals surface area contributed by atoms with Crippen LogP contribution in [0.5, 0.6) is 0 Å². The molecule has 0 aliphatic carbocycles. The highest BCUT2D eigenvalue weighted by Crippen LogP contribution is 2.14. The Kier molecular flexibility index (Phi) is 10.5. The van der Waals surface area contributed by atoms with E-state index in [2.05, 4.69) is 0 Å². The summed E-state index contributed by atoms with van der Waals surface area (Å²) in [4.78, 5) is 45.6. The van der Waals surface area contributed by atoms with Gasteiger partial charge in [-0.2, -0.15) is 0 Å². The third-order valence-electron chi connectivity index (χ3n) is 3.79. The summed E-state index contributed by atoms with van der Waals surface area (Å²) in [6, 6.07) is 18.4. The molecule has 162 valence electrons. The second kappa shape index (κ2) is 13.4. The fourth-order valence-corrected chi connectivity index (χ4v) is 2.37. The number of ether oxygens (including phenoxy) is 2. The lowest BCUT2D eigenvalue weighted by atomic mass is 10.2. The van der Waals surface area contributed by atoms with E-state index in [-0.39, 0.29) is 26.4 Å². The van der Waals surface area contributed by atoms with Crippen molar-refractivity contribution in [2.75, 3.05) is 13.2 Å². The van der Waals surface area contributed by atoms with Gasteiger partial charge in [0.1, 0.15) is 13.2 Å². The zero-order valence-corrected chi connectivity index (χ0v) is 17.0. The van der Waals surface area contributed by atoms with Gasteiger partial charge in [0.05, 0.1) is 13.2 Å². The van der Waals surface area contributed by atoms with E-state index in [1.807, 2.05) is 60.7 Å². The van der Waals surface area contributed by atoms with Crippen molar-refractivity contribution in [2.45, 2.75) is 39.3 Å². The van der Waals surface area contributed by atoms with Crippen LogP contribution in [0.1, 0.15) is 25.0 Å². The smallest absolute Gasteiger partial charge is 0.342 e. The Morgan fingerprint density at radius 3 is 1.37 bits per heavy atom. The van der Waals surface area contributed by atoms with Gasteiger partial charge >= 0.3 is 11.9 Å². The van der Waals surface area contributed by atoms with Crippen LogP contribution in [0.4, 0.5) is 0 Å². The molecule has 2 aromatic rings. The molecule has 2 unspecified atom stereocenters. The van der Waals surface area contributed by atoms with E-state index in [1.165, 1.54) is 0 Å². The van der Waals surface area contributed by atoms with E-state index in [0.29, 0.717) is 0 Å². The second-order valence-electron chi connectivity index (χ2n) is 6.03. The van der Waals surface area contributed by atoms with Crippen LogP contribution >= 0.6 is 0 Å². The zero-order valence-electron chi connectivity index (χ0n) is 17.0. The average molecular weight is 418 g/mol. The second-order valence-corrected chi connectivity index (χ2v) is 6.03. The van der Waals surface area contributed by atoms with Crippen molar-refractivity contribution >= 4 is 11.9 Å². The van der Waals surface area contributed by atoms with E-state index in [9.17, 15) is 9.59 Å². The Morgan fingerprint density at radius 1 is 0.667 bits per heavy atom. The first-order valence-electron chi connectivity index (χ1n) is 9.63. The lowest BCUT2D eigenvalue weighted by Crippen LogP contribution is -2.45. The Labute approximate surface area is 175 Å². The number of rotatable bonds is 13. The molecule has 0 radical (unpaired) electrons. The quantitative estimate of drug-likeness (QED) is 0.278. The standard InChI is InChI=1S/C22H26O8/c1-3-25-21(23)19(29-27-15-17-11-7-5-8-12-17)20(22(24)26-4-2)30-28-16-18-13-9-6-10-14-18/h5-14,19-20H,3-4,15-16H2,1-2H3. The van der Waals surface area contributed by atoms with Gasteiger partial charge in [-0.1, -0.05) is 60.7 Å². The molecular weight excluding hydrogens is 392 g/mol. The summed E-state index contributed by atoms with van der Waals surface area (Å²) in [6.07, 6.45) is -3.08. The third kappa shape index (κ3) is 7.92. The van der Waals surface area contributed by atoms with Gasteiger partial charge in [0.15, 0.2) is 0 Å². The minimum absolute atomic E-state index is 0.0527. The number of benzene rings is 2. The maximum Gasteiger partial charge on any atom is 0.342 e. The number of hydrogen-bond donors (Lipinski definition) is 0. The van der Waals surface area contributed by atoms with Crippen LogP contribution in [0, 0.1) is 0 Å². The minimum atomic E-state index is -1.54. The Hall–Kier alpha value is -2.78. The summed E-state index contributed by atoms with van der Waals surface area (Å²) in [7, 11) is 0. The van der Waals surface area contributed by atoms with Gasteiger partial charge in [-0.15, -0.1) is 0 Å². The summed E-state index contributed by atoms with van der Waals surface area (Å²) in [5, 5.41) is 0. The van der Waals surface area contributed by atoms with Crippen molar-refractivity contribution in [3.63, 3.8) is 0 Å². The molecule has 2 rings (SSSR count). The van der Waals surface area contributed by atoms with Crippen LogP contribution < -0.4 is 0 Å². The molecule has 2 atom stereocenters. The normalized spacial score (nSPS) is 12.7. The van der Waals surface area contributed by atoms with Gasteiger partial charge in [-0.25, -0.2) is 29.1 Å². The van der Waals surface area contributed by atoms with Gasteiger partial charge in [-0.05, 0) is 25.0 Å². The molecule has 8 nitrogen and oxygen atoms in total. The summed E-state index contributed by atoms with van der Waals surface area (Å²) in [5.41, 5.74) is 1.63. The van der Waals surface area contributed by atoms with Crippen LogP contribution in [0.3, 0.4) is 0 Å². The van der Waals surface area contributed by atoms with Crippen LogP contribution in [-0.2, 0) is 51.8 Å². The highest BCUT2D eigenvalue weighted by molar-refractivity contribution is 5.85. The van der Waals surface area contributed by atoms with E-state index in [4.69, 9.17) is 29.0 Å². The molecule has 0 amide bonds. The third-order valence-corrected chi connectivity index (χ3v) is 3.79. The lowest BCUT2D eigenvalue weighted by molar-refractivity contribution is -0.387. The molecule has 0 aromatic heterocycles. The molecule has 0 saturated carbocycles. The maximum absolute atomic E-state index is 12.4. The summed E-state index contributed by atoms with van der Waals surface area (Å²) < 4.78 is 9.99. The first kappa shape index (κ1) is 23.5. The molecule has 0 aliphatic heterocycles. The number of esters is 2. The van der Waals surface area contributed by atoms with Crippen molar-refractivity contribution in [3.8, 4) is 0 Å². The molecule has 2 aromatic carbocycles. The van der Waals surface area contributed by atoms with Crippen molar-refractivity contribution in [3.05, 3.63) is 71.8 Å². The largest absolute Gasteiger partial charge is 0.464 e. The number of carbonyl (C=O) groups excluding carboxylic acids is 2. The minimum Gasteiger partial charge on any atom is -0.464 e. The first-order chi connectivity index (χ1) is 14.7. The van der Waals surface area contributed by atoms with Crippen LogP contribution in [-0.4, -0.2) is 37.4 Å². The van der Waals surface area contributed by atoms with Crippen molar-refractivity contribution in [1.82, 2.24) is 0 Å². The fourth-order valence-electron chi connectivity index (χ4n) is 2.37. The first-order valence-corrected chi connectivity index (χ1v) is 9.63. The van der Waals surface area contributed by atoms with Crippen molar-refractivity contribution < 1.29 is 38.6 Å². The van der Waals surface area contributed by atoms with Crippen LogP contribution in [0.2, 0.25) is 0 Å². The van der Waals surface area contributed by atoms with E-state index in [0.717, 1.165) is 11.1 Å². The molecule has 0 aliphatic rings. The van der Waals surface area contributed by atoms with Crippen molar-refractivity contribution in [1.29, 1.82) is 0 Å². The number of hydrogen-bond acceptors (Lipinski definition) is 8. The topological polar surface area (TPSA) is 89.5 Å². The van der Waals surface area contributed by atoms with Gasteiger partial charge in [0.2, 0.25) is 12.2 Å². The molecule has 8 heteroatoms. The van der Waals surface area contributed by atoms with Gasteiger partial charge < -0.3 is 9.47 Å². The van der Waals surface area contributed by atoms with Gasteiger partial charge in [0.25, 0.3) is 0 Å². The van der Waals surface area contributed by atoms with E-state index < -0.39 is 24.1 Å². The Bertz CT molecular complexity index is 685. The van der Waals surface area contributed by atoms with Crippen LogP contribution in [0.25, 0.3) is 0 Å². The van der Waals surface area contributed by atoms with E-state index >= 15 is 0 Å². The lowest BCUT2D eigenvalue weighted by Gasteiger charge is -2.22. The van der Waals surface area contributed by atoms with Crippen LogP contribution in [0.15, 0.2) is 60.7 Å². The molecule has 30 heavy (non-hydrogen) atoms. The highest BCUT2D eigenvalue weighted by atomic mass is 17.2. The molecule has 0 N–H and O–H groups in total. The average Bonchev–Trinajstić information content (AvgIpc) is 2.76. The van der Waals surface area contributed by atoms with Crippen molar-refractivity contribution in [2.24, 2.45) is 0 Å². The predicted octanol–water partition coefficient (Wildman–Crippen LogP) is 3.15. The summed E-state index contributed by atoms with van der Waals surface area (Å²) in [6.45, 7) is 3.53. The Morgan fingerprint density at radius 2 is 1.03 bits per heavy atom. The fraction of sp³-hybridized carbons (Fsp3) is 0.364. The summed E-state index contributed by atoms with van der Waals surface area (Å²) >= 11 is 0. The maximum atomic E-state index is 12.4. The van der Waals surface area contributed by atoms with E-state index in [1.54, 1.807) is 13.8 Å². The summed E-state index contributed by atoms with van der Waals surface area (Å²) in [5.74, 6) is -1.68. The zero-order chi connectivity index (χ0) is 21.6. The molecule has 0 spiro atoms. The van der Waals surface area contributed by atoms with Gasteiger partial charge in [0, 0.05) is 0 Å². The number of carbonyl (C=O) groups is 2. The monoisotopic (exact) mass is 418 g/mol. The molecule has 0 fully saturated rings. The van der Waals surface area contributed by atoms with Gasteiger partial charge in [-0.3, -0.25) is 0 Å². The molecule has 0 saturated heterocycles.